The molecule has 10 nitrogen and oxygen atoms in total. The van der Waals surface area contributed by atoms with Crippen LogP contribution in [0, 0.1) is 0 Å². The quantitative estimate of drug-likeness (QED) is 0.635. The van der Waals surface area contributed by atoms with Gasteiger partial charge in [-0.3, -0.25) is 10.1 Å². The summed E-state index contributed by atoms with van der Waals surface area (Å²) < 4.78 is 37.7. The predicted octanol–water partition coefficient (Wildman–Crippen LogP) is 1.26. The van der Waals surface area contributed by atoms with Crippen molar-refractivity contribution in [2.75, 3.05) is 27.2 Å². The summed E-state index contributed by atoms with van der Waals surface area (Å²) in [5.74, 6) is -1.66. The lowest BCUT2D eigenvalue weighted by Gasteiger charge is -2.21. The monoisotopic (exact) mass is 441 g/mol. The van der Waals surface area contributed by atoms with Gasteiger partial charge in [0.25, 0.3) is 5.91 Å². The molecule has 0 radical (unpaired) electrons. The molecule has 1 saturated heterocycles. The van der Waals surface area contributed by atoms with Crippen LogP contribution in [0.4, 0.5) is 4.79 Å². The van der Waals surface area contributed by atoms with Crippen molar-refractivity contribution in [1.29, 1.82) is 0 Å². The van der Waals surface area contributed by atoms with Crippen LogP contribution in [0.3, 0.4) is 0 Å². The van der Waals surface area contributed by atoms with E-state index in [1.807, 2.05) is 5.32 Å². The molecule has 0 aliphatic carbocycles. The SMILES string of the molecule is CNC(=O)NC(=O)C(C)OC(=O)c1cc(S(=O)(=O)N2CCCCCC2)ccc1OC. The van der Waals surface area contributed by atoms with E-state index >= 15 is 0 Å². The summed E-state index contributed by atoms with van der Waals surface area (Å²) in [7, 11) is -1.13. The Hall–Kier alpha value is -2.66. The highest BCUT2D eigenvalue weighted by molar-refractivity contribution is 7.89. The Morgan fingerprint density at radius 3 is 2.30 bits per heavy atom. The van der Waals surface area contributed by atoms with Crippen LogP contribution in [0.2, 0.25) is 0 Å². The van der Waals surface area contributed by atoms with Gasteiger partial charge in [0.2, 0.25) is 10.0 Å². The molecule has 11 heteroatoms. The Bertz CT molecular complexity index is 893. The van der Waals surface area contributed by atoms with Crippen molar-refractivity contribution in [2.45, 2.75) is 43.6 Å². The molecule has 1 aliphatic rings. The van der Waals surface area contributed by atoms with Gasteiger partial charge in [0.15, 0.2) is 6.10 Å². The van der Waals surface area contributed by atoms with E-state index in [1.54, 1.807) is 0 Å². The summed E-state index contributed by atoms with van der Waals surface area (Å²) in [6.07, 6.45) is 2.22. The minimum atomic E-state index is -3.79. The lowest BCUT2D eigenvalue weighted by Crippen LogP contribution is -2.43. The van der Waals surface area contributed by atoms with Crippen LogP contribution in [0.15, 0.2) is 23.1 Å². The number of rotatable bonds is 6. The maximum absolute atomic E-state index is 13.0. The van der Waals surface area contributed by atoms with Gasteiger partial charge in [0, 0.05) is 20.1 Å². The molecule has 1 fully saturated rings. The zero-order valence-electron chi connectivity index (χ0n) is 17.3. The number of benzene rings is 1. The molecule has 0 aromatic heterocycles. The van der Waals surface area contributed by atoms with Crippen LogP contribution >= 0.6 is 0 Å². The summed E-state index contributed by atoms with van der Waals surface area (Å²) in [6, 6.07) is 3.19. The molecule has 1 aliphatic heterocycles. The first kappa shape index (κ1) is 23.6. The number of nitrogens with zero attached hydrogens (tertiary/aromatic N) is 1. The van der Waals surface area contributed by atoms with Gasteiger partial charge in [-0.05, 0) is 38.0 Å². The first-order chi connectivity index (χ1) is 14.2. The third-order valence-corrected chi connectivity index (χ3v) is 6.61. The van der Waals surface area contributed by atoms with Gasteiger partial charge < -0.3 is 14.8 Å². The van der Waals surface area contributed by atoms with Gasteiger partial charge in [-0.25, -0.2) is 18.0 Å². The molecular weight excluding hydrogens is 414 g/mol. The molecule has 30 heavy (non-hydrogen) atoms. The lowest BCUT2D eigenvalue weighted by atomic mass is 10.2. The molecule has 2 rings (SSSR count). The van der Waals surface area contributed by atoms with Crippen LogP contribution in [0.1, 0.15) is 43.0 Å². The van der Waals surface area contributed by atoms with Crippen molar-refractivity contribution in [2.24, 2.45) is 0 Å². The van der Waals surface area contributed by atoms with Gasteiger partial charge in [0.05, 0.1) is 12.0 Å². The molecule has 1 atom stereocenters. The summed E-state index contributed by atoms with van der Waals surface area (Å²) in [5, 5.41) is 4.21. The highest BCUT2D eigenvalue weighted by Gasteiger charge is 2.28. The lowest BCUT2D eigenvalue weighted by molar-refractivity contribution is -0.127. The number of esters is 1. The number of carbonyl (C=O) groups excluding carboxylic acids is 3. The van der Waals surface area contributed by atoms with E-state index in [-0.39, 0.29) is 16.2 Å². The second-order valence-electron chi connectivity index (χ2n) is 6.80. The summed E-state index contributed by atoms with van der Waals surface area (Å²) in [4.78, 5) is 35.7. The van der Waals surface area contributed by atoms with Crippen LogP contribution < -0.4 is 15.4 Å². The first-order valence-corrected chi connectivity index (χ1v) is 11.1. The topological polar surface area (TPSA) is 131 Å². The van der Waals surface area contributed by atoms with Crippen molar-refractivity contribution in [3.8, 4) is 5.75 Å². The molecule has 166 valence electrons. The Morgan fingerprint density at radius 1 is 1.10 bits per heavy atom. The van der Waals surface area contributed by atoms with Crippen molar-refractivity contribution in [3.63, 3.8) is 0 Å². The number of amides is 3. The van der Waals surface area contributed by atoms with Gasteiger partial charge in [-0.1, -0.05) is 12.8 Å². The molecule has 1 aromatic carbocycles. The average molecular weight is 442 g/mol. The molecule has 1 heterocycles. The van der Waals surface area contributed by atoms with Crippen LogP contribution in [-0.2, 0) is 19.6 Å². The van der Waals surface area contributed by atoms with Crippen LogP contribution in [0.5, 0.6) is 5.75 Å². The summed E-state index contributed by atoms with van der Waals surface area (Å²) in [5.41, 5.74) is -0.131. The van der Waals surface area contributed by atoms with E-state index in [0.717, 1.165) is 25.7 Å². The number of sulfonamides is 1. The highest BCUT2D eigenvalue weighted by atomic mass is 32.2. The molecule has 0 saturated carbocycles. The average Bonchev–Trinajstić information content (AvgIpc) is 3.03. The second-order valence-corrected chi connectivity index (χ2v) is 8.73. The number of hydrogen-bond acceptors (Lipinski definition) is 7. The largest absolute Gasteiger partial charge is 0.496 e. The van der Waals surface area contributed by atoms with Gasteiger partial charge >= 0.3 is 12.0 Å². The number of ether oxygens (including phenoxy) is 2. The van der Waals surface area contributed by atoms with E-state index < -0.39 is 34.0 Å². The molecular formula is C19H27N3O7S. The van der Waals surface area contributed by atoms with Crippen LogP contribution in [-0.4, -0.2) is 64.0 Å². The molecule has 0 bridgehead atoms. The van der Waals surface area contributed by atoms with E-state index in [1.165, 1.54) is 43.6 Å². The summed E-state index contributed by atoms with van der Waals surface area (Å²) in [6.45, 7) is 2.14. The van der Waals surface area contributed by atoms with Crippen molar-refractivity contribution in [3.05, 3.63) is 23.8 Å². The third-order valence-electron chi connectivity index (χ3n) is 4.71. The minimum absolute atomic E-state index is 0.0559. The number of urea groups is 1. The van der Waals surface area contributed by atoms with E-state index in [0.29, 0.717) is 13.1 Å². The fraction of sp³-hybridized carbons (Fsp3) is 0.526. The van der Waals surface area contributed by atoms with Crippen molar-refractivity contribution in [1.82, 2.24) is 14.9 Å². The van der Waals surface area contributed by atoms with Crippen LogP contribution in [0.25, 0.3) is 0 Å². The Balaban J connectivity index is 2.26. The fourth-order valence-corrected chi connectivity index (χ4v) is 4.54. The standard InChI is InChI=1S/C19H27N3O7S/c1-13(17(23)21-19(25)20-2)29-18(24)15-12-14(8-9-16(15)28-3)30(26,27)22-10-6-4-5-7-11-22/h8-9,12-13H,4-7,10-11H2,1-3H3,(H2,20,21,23,25). The number of nitrogens with one attached hydrogen (secondary N) is 2. The number of hydrogen-bond donors (Lipinski definition) is 2. The number of imide groups is 1. The normalized spacial score (nSPS) is 16.1. The Labute approximate surface area is 176 Å². The smallest absolute Gasteiger partial charge is 0.342 e. The van der Waals surface area contributed by atoms with E-state index in [9.17, 15) is 22.8 Å². The second kappa shape index (κ2) is 10.4. The molecule has 3 amide bonds. The van der Waals surface area contributed by atoms with Crippen molar-refractivity contribution >= 4 is 27.9 Å². The molecule has 1 unspecified atom stereocenters. The van der Waals surface area contributed by atoms with Gasteiger partial charge in [0.1, 0.15) is 11.3 Å². The predicted molar refractivity (Wildman–Crippen MR) is 108 cm³/mol. The van der Waals surface area contributed by atoms with Crippen molar-refractivity contribution < 1.29 is 32.3 Å². The number of carbonyl (C=O) groups is 3. The van der Waals surface area contributed by atoms with Gasteiger partial charge in [-0.2, -0.15) is 4.31 Å². The van der Waals surface area contributed by atoms with E-state index in [2.05, 4.69) is 5.32 Å². The Morgan fingerprint density at radius 2 is 1.73 bits per heavy atom. The zero-order valence-corrected chi connectivity index (χ0v) is 18.1. The summed E-state index contributed by atoms with van der Waals surface area (Å²) >= 11 is 0. The highest BCUT2D eigenvalue weighted by Crippen LogP contribution is 2.27. The zero-order chi connectivity index (χ0) is 22.3. The molecule has 2 N–H and O–H groups in total. The Kier molecular flexibility index (Phi) is 8.18. The van der Waals surface area contributed by atoms with Gasteiger partial charge in [-0.15, -0.1) is 0 Å². The maximum Gasteiger partial charge on any atom is 0.342 e. The first-order valence-electron chi connectivity index (χ1n) is 9.62. The third kappa shape index (κ3) is 5.70. The fourth-order valence-electron chi connectivity index (χ4n) is 2.99. The van der Waals surface area contributed by atoms with E-state index in [4.69, 9.17) is 9.47 Å². The minimum Gasteiger partial charge on any atom is -0.496 e. The molecule has 0 spiro atoms. The molecule has 1 aromatic rings. The number of methoxy groups -OCH3 is 1. The maximum atomic E-state index is 13.0.